The zero-order valence-electron chi connectivity index (χ0n) is 10.6. The molecular formula is C14H13ClN2O2. The maximum atomic E-state index is 12.2. The van der Waals surface area contributed by atoms with Gasteiger partial charge in [-0.15, -0.1) is 0 Å². The smallest absolute Gasteiger partial charge is 0.276 e. The van der Waals surface area contributed by atoms with Crippen LogP contribution in [0.5, 0.6) is 5.75 Å². The molecule has 1 heterocycles. The van der Waals surface area contributed by atoms with Crippen LogP contribution in [-0.4, -0.2) is 25.0 Å². The Bertz CT molecular complexity index is 584. The molecule has 2 aromatic rings. The van der Waals surface area contributed by atoms with Crippen LogP contribution in [0.4, 0.5) is 5.69 Å². The summed E-state index contributed by atoms with van der Waals surface area (Å²) in [5.41, 5.74) is 1.07. The van der Waals surface area contributed by atoms with Crippen molar-refractivity contribution in [3.05, 3.63) is 53.3 Å². The van der Waals surface area contributed by atoms with E-state index >= 15 is 0 Å². The fourth-order valence-electron chi connectivity index (χ4n) is 1.62. The molecule has 0 radical (unpaired) electrons. The van der Waals surface area contributed by atoms with Crippen molar-refractivity contribution in [3.8, 4) is 5.75 Å². The highest BCUT2D eigenvalue weighted by Gasteiger charge is 2.15. The summed E-state index contributed by atoms with van der Waals surface area (Å²) >= 11 is 5.85. The summed E-state index contributed by atoms with van der Waals surface area (Å²) in [6, 6.07) is 10.4. The Morgan fingerprint density at radius 2 is 1.95 bits per heavy atom. The molecule has 0 spiro atoms. The number of ether oxygens (including phenoxy) is 1. The van der Waals surface area contributed by atoms with Gasteiger partial charge < -0.3 is 9.64 Å². The van der Waals surface area contributed by atoms with Crippen LogP contribution in [0.1, 0.15) is 10.5 Å². The molecule has 0 atom stereocenters. The summed E-state index contributed by atoms with van der Waals surface area (Å²) < 4.78 is 5.08. The van der Waals surface area contributed by atoms with Crippen molar-refractivity contribution < 1.29 is 9.53 Å². The van der Waals surface area contributed by atoms with Gasteiger partial charge in [0.05, 0.1) is 7.11 Å². The first-order valence-corrected chi connectivity index (χ1v) is 6.03. The number of carbonyl (C=O) groups is 1. The van der Waals surface area contributed by atoms with Crippen LogP contribution in [0.3, 0.4) is 0 Å². The molecule has 1 aromatic heterocycles. The quantitative estimate of drug-likeness (QED) is 0.865. The van der Waals surface area contributed by atoms with E-state index in [1.165, 1.54) is 11.1 Å². The molecule has 0 saturated heterocycles. The molecule has 0 fully saturated rings. The van der Waals surface area contributed by atoms with E-state index < -0.39 is 0 Å². The molecule has 98 valence electrons. The van der Waals surface area contributed by atoms with Crippen molar-refractivity contribution in [2.75, 3.05) is 19.1 Å². The molecule has 0 aliphatic heterocycles. The number of anilines is 1. The first kappa shape index (κ1) is 13.4. The maximum absolute atomic E-state index is 12.2. The largest absolute Gasteiger partial charge is 0.497 e. The van der Waals surface area contributed by atoms with E-state index in [9.17, 15) is 4.79 Å². The summed E-state index contributed by atoms with van der Waals surface area (Å²) in [5, 5.41) is 0.487. The minimum Gasteiger partial charge on any atom is -0.497 e. The van der Waals surface area contributed by atoms with Gasteiger partial charge in [-0.1, -0.05) is 11.6 Å². The fraction of sp³-hybridized carbons (Fsp3) is 0.143. The lowest BCUT2D eigenvalue weighted by molar-refractivity contribution is 0.0988. The van der Waals surface area contributed by atoms with E-state index in [2.05, 4.69) is 4.98 Å². The van der Waals surface area contributed by atoms with Gasteiger partial charge in [-0.05, 0) is 36.4 Å². The van der Waals surface area contributed by atoms with E-state index in [-0.39, 0.29) is 5.91 Å². The lowest BCUT2D eigenvalue weighted by Crippen LogP contribution is -2.26. The van der Waals surface area contributed by atoms with Gasteiger partial charge in [0.15, 0.2) is 0 Å². The minimum atomic E-state index is -0.215. The Labute approximate surface area is 116 Å². The predicted molar refractivity (Wildman–Crippen MR) is 75.0 cm³/mol. The van der Waals surface area contributed by atoms with E-state index in [0.29, 0.717) is 10.7 Å². The number of benzene rings is 1. The number of methoxy groups -OCH3 is 1. The van der Waals surface area contributed by atoms with Crippen LogP contribution in [0, 0.1) is 0 Å². The van der Waals surface area contributed by atoms with Crippen LogP contribution < -0.4 is 9.64 Å². The predicted octanol–water partition coefficient (Wildman–Crippen LogP) is 3.02. The lowest BCUT2D eigenvalue weighted by atomic mass is 10.2. The summed E-state index contributed by atoms with van der Waals surface area (Å²) in [5.74, 6) is 0.526. The van der Waals surface area contributed by atoms with Crippen molar-refractivity contribution in [2.24, 2.45) is 0 Å². The second kappa shape index (κ2) is 5.71. The second-order valence-electron chi connectivity index (χ2n) is 3.92. The topological polar surface area (TPSA) is 42.4 Å². The number of pyridine rings is 1. The highest BCUT2D eigenvalue weighted by molar-refractivity contribution is 6.31. The van der Waals surface area contributed by atoms with Crippen molar-refractivity contribution >= 4 is 23.2 Å². The maximum Gasteiger partial charge on any atom is 0.276 e. The molecule has 1 amide bonds. The molecule has 0 bridgehead atoms. The fourth-order valence-corrected chi connectivity index (χ4v) is 1.78. The molecule has 0 saturated carbocycles. The zero-order chi connectivity index (χ0) is 13.8. The zero-order valence-corrected chi connectivity index (χ0v) is 11.4. The molecule has 0 aliphatic rings. The highest BCUT2D eigenvalue weighted by atomic mass is 35.5. The SMILES string of the molecule is COc1ccc(N(C)C(=O)c2cc(Cl)ccn2)cc1. The van der Waals surface area contributed by atoms with E-state index in [0.717, 1.165) is 11.4 Å². The number of hydrogen-bond acceptors (Lipinski definition) is 3. The van der Waals surface area contributed by atoms with Gasteiger partial charge in [0.2, 0.25) is 0 Å². The molecule has 1 aromatic carbocycles. The number of hydrogen-bond donors (Lipinski definition) is 0. The van der Waals surface area contributed by atoms with Crippen LogP contribution in [0.2, 0.25) is 5.02 Å². The van der Waals surface area contributed by atoms with Crippen molar-refractivity contribution in [1.82, 2.24) is 4.98 Å². The molecular weight excluding hydrogens is 264 g/mol. The molecule has 0 unspecified atom stereocenters. The number of rotatable bonds is 3. The van der Waals surface area contributed by atoms with Crippen LogP contribution in [0.25, 0.3) is 0 Å². The normalized spacial score (nSPS) is 10.1. The summed E-state index contributed by atoms with van der Waals surface area (Å²) in [6.07, 6.45) is 1.51. The number of nitrogens with zero attached hydrogens (tertiary/aromatic N) is 2. The Balaban J connectivity index is 2.23. The Kier molecular flexibility index (Phi) is 4.02. The molecule has 5 heteroatoms. The Morgan fingerprint density at radius 3 is 2.53 bits per heavy atom. The third-order valence-corrected chi connectivity index (χ3v) is 2.94. The highest BCUT2D eigenvalue weighted by Crippen LogP contribution is 2.20. The standard InChI is InChI=1S/C14H13ClN2O2/c1-17(11-3-5-12(19-2)6-4-11)14(18)13-9-10(15)7-8-16-13/h3-9H,1-2H3. The average molecular weight is 277 g/mol. The van der Waals surface area contributed by atoms with Crippen molar-refractivity contribution in [1.29, 1.82) is 0 Å². The Hall–Kier alpha value is -2.07. The molecule has 19 heavy (non-hydrogen) atoms. The van der Waals surface area contributed by atoms with Crippen LogP contribution in [-0.2, 0) is 0 Å². The minimum absolute atomic E-state index is 0.215. The first-order chi connectivity index (χ1) is 9.11. The number of halogens is 1. The molecule has 0 N–H and O–H groups in total. The lowest BCUT2D eigenvalue weighted by Gasteiger charge is -2.17. The number of aromatic nitrogens is 1. The number of amides is 1. The summed E-state index contributed by atoms with van der Waals surface area (Å²) in [4.78, 5) is 17.8. The molecule has 2 rings (SSSR count). The third kappa shape index (κ3) is 3.03. The van der Waals surface area contributed by atoms with Crippen molar-refractivity contribution in [2.45, 2.75) is 0 Å². The monoisotopic (exact) mass is 276 g/mol. The van der Waals surface area contributed by atoms with Crippen LogP contribution in [0.15, 0.2) is 42.6 Å². The third-order valence-electron chi connectivity index (χ3n) is 2.71. The van der Waals surface area contributed by atoms with Crippen LogP contribution >= 0.6 is 11.6 Å². The van der Waals surface area contributed by atoms with Gasteiger partial charge in [-0.2, -0.15) is 0 Å². The average Bonchev–Trinajstić information content (AvgIpc) is 2.46. The second-order valence-corrected chi connectivity index (χ2v) is 4.36. The van der Waals surface area contributed by atoms with E-state index in [4.69, 9.17) is 16.3 Å². The van der Waals surface area contributed by atoms with Gasteiger partial charge in [0.25, 0.3) is 5.91 Å². The Morgan fingerprint density at radius 1 is 1.26 bits per heavy atom. The summed E-state index contributed by atoms with van der Waals surface area (Å²) in [6.45, 7) is 0. The number of carbonyl (C=O) groups excluding carboxylic acids is 1. The van der Waals surface area contributed by atoms with E-state index in [1.807, 2.05) is 0 Å². The van der Waals surface area contributed by atoms with Crippen molar-refractivity contribution in [3.63, 3.8) is 0 Å². The van der Waals surface area contributed by atoms with E-state index in [1.54, 1.807) is 50.6 Å². The van der Waals surface area contributed by atoms with Gasteiger partial charge >= 0.3 is 0 Å². The molecule has 0 aliphatic carbocycles. The summed E-state index contributed by atoms with van der Waals surface area (Å²) in [7, 11) is 3.28. The van der Waals surface area contributed by atoms with Gasteiger partial charge in [-0.25, -0.2) is 0 Å². The molecule has 4 nitrogen and oxygen atoms in total. The van der Waals surface area contributed by atoms with Gasteiger partial charge in [0, 0.05) is 24.0 Å². The van der Waals surface area contributed by atoms with Gasteiger partial charge in [0.1, 0.15) is 11.4 Å². The van der Waals surface area contributed by atoms with Gasteiger partial charge in [-0.3, -0.25) is 9.78 Å². The first-order valence-electron chi connectivity index (χ1n) is 5.65.